The number of hydrogen-bond acceptors (Lipinski definition) is 10. The van der Waals surface area contributed by atoms with Gasteiger partial charge >= 0.3 is 0 Å². The Morgan fingerprint density at radius 3 is 2.49 bits per heavy atom. The number of nitrogens with one attached hydrogen (secondary N) is 1. The second kappa shape index (κ2) is 10.4. The van der Waals surface area contributed by atoms with Gasteiger partial charge in [-0.3, -0.25) is 28.8 Å². The van der Waals surface area contributed by atoms with Gasteiger partial charge in [0.25, 0.3) is 17.4 Å². The van der Waals surface area contributed by atoms with Crippen LogP contribution in [-0.2, 0) is 9.47 Å². The summed E-state index contributed by atoms with van der Waals surface area (Å²) < 4.78 is 13.2. The smallest absolute Gasteiger partial charge is 0.280 e. The lowest BCUT2D eigenvalue weighted by molar-refractivity contribution is -0.0711. The summed E-state index contributed by atoms with van der Waals surface area (Å²) >= 11 is 0. The summed E-state index contributed by atoms with van der Waals surface area (Å²) in [5, 5.41) is 20.3. The van der Waals surface area contributed by atoms with E-state index in [1.54, 1.807) is 24.3 Å². The zero-order chi connectivity index (χ0) is 26.1. The average molecular weight is 513 g/mol. The third-order valence-corrected chi connectivity index (χ3v) is 6.68. The normalized spacial score (nSPS) is 23.4. The van der Waals surface area contributed by atoms with E-state index in [1.807, 2.05) is 0 Å². The summed E-state index contributed by atoms with van der Waals surface area (Å²) in [7, 11) is 0. The summed E-state index contributed by atoms with van der Waals surface area (Å²) in [6.45, 7) is 0.235. The fraction of sp³-hybridized carbons (Fsp3) is 0.458. The van der Waals surface area contributed by atoms with E-state index in [2.05, 4.69) is 15.0 Å². The van der Waals surface area contributed by atoms with Crippen molar-refractivity contribution in [1.82, 2.24) is 24.4 Å². The fourth-order valence-electron chi connectivity index (χ4n) is 4.79. The highest BCUT2D eigenvalue weighted by atomic mass is 16.6. The van der Waals surface area contributed by atoms with Crippen LogP contribution in [0.2, 0.25) is 0 Å². The van der Waals surface area contributed by atoms with Crippen molar-refractivity contribution in [1.29, 1.82) is 0 Å². The number of ether oxygens (including phenoxy) is 2. The first-order chi connectivity index (χ1) is 17.9. The number of aliphatic hydroxyl groups is 2. The number of unbranched alkanes of at least 4 members (excludes halogenated alkanes) is 3. The predicted octanol–water partition coefficient (Wildman–Crippen LogP) is 0.194. The topological polar surface area (TPSA) is 186 Å². The lowest BCUT2D eigenvalue weighted by Crippen LogP contribution is -2.35. The highest BCUT2D eigenvalue weighted by Crippen LogP contribution is 2.33. The minimum atomic E-state index is -1.11. The highest BCUT2D eigenvalue weighted by Gasteiger charge is 2.46. The number of carbonyl (C=O) groups is 2. The number of benzene rings is 1. The number of hydrogen-bond donors (Lipinski definition) is 4. The molecule has 196 valence electrons. The number of imidazole rings is 1. The van der Waals surface area contributed by atoms with Crippen molar-refractivity contribution in [3.8, 4) is 0 Å². The minimum Gasteiger partial charge on any atom is -0.394 e. The van der Waals surface area contributed by atoms with Gasteiger partial charge in [0, 0.05) is 13.2 Å². The first kappa shape index (κ1) is 25.0. The molecule has 0 aliphatic carbocycles. The minimum absolute atomic E-state index is 0.0663. The van der Waals surface area contributed by atoms with Gasteiger partial charge in [-0.1, -0.05) is 25.0 Å². The number of aromatic amines is 1. The van der Waals surface area contributed by atoms with Crippen molar-refractivity contribution >= 4 is 28.9 Å². The van der Waals surface area contributed by atoms with Gasteiger partial charge in [0.15, 0.2) is 17.4 Å². The summed E-state index contributed by atoms with van der Waals surface area (Å²) in [4.78, 5) is 48.9. The van der Waals surface area contributed by atoms with Gasteiger partial charge < -0.3 is 25.4 Å². The zero-order valence-electron chi connectivity index (χ0n) is 19.9. The van der Waals surface area contributed by atoms with Crippen LogP contribution in [0, 0.1) is 0 Å². The van der Waals surface area contributed by atoms with Gasteiger partial charge in [-0.2, -0.15) is 4.98 Å². The van der Waals surface area contributed by atoms with Crippen molar-refractivity contribution in [2.24, 2.45) is 0 Å². The molecule has 0 bridgehead atoms. The van der Waals surface area contributed by atoms with Crippen LogP contribution >= 0.6 is 0 Å². The molecule has 4 atom stereocenters. The number of nitrogens with two attached hydrogens (primary N) is 1. The van der Waals surface area contributed by atoms with E-state index in [-0.39, 0.29) is 28.9 Å². The Morgan fingerprint density at radius 2 is 1.78 bits per heavy atom. The molecule has 4 unspecified atom stereocenters. The Bertz CT molecular complexity index is 1340. The summed E-state index contributed by atoms with van der Waals surface area (Å²) in [5.74, 6) is -0.599. The summed E-state index contributed by atoms with van der Waals surface area (Å²) in [6.07, 6.45) is 0.542. The van der Waals surface area contributed by atoms with Crippen LogP contribution in [0.3, 0.4) is 0 Å². The van der Waals surface area contributed by atoms with Crippen LogP contribution in [0.25, 0.3) is 11.2 Å². The maximum absolute atomic E-state index is 12.4. The third-order valence-electron chi connectivity index (χ3n) is 6.68. The molecule has 5 N–H and O–H groups in total. The molecule has 2 amide bonds. The number of anilines is 1. The van der Waals surface area contributed by atoms with Gasteiger partial charge in [-0.25, -0.2) is 4.98 Å². The molecule has 37 heavy (non-hydrogen) atoms. The average Bonchev–Trinajstić information content (AvgIpc) is 3.52. The van der Waals surface area contributed by atoms with Gasteiger partial charge in [-0.15, -0.1) is 0 Å². The number of nitrogen functional groups attached to an aromatic ring is 1. The van der Waals surface area contributed by atoms with Crippen molar-refractivity contribution in [3.63, 3.8) is 0 Å². The second-order valence-corrected chi connectivity index (χ2v) is 9.07. The number of nitrogens with zero attached hydrogens (tertiary/aromatic N) is 4. The van der Waals surface area contributed by atoms with E-state index >= 15 is 0 Å². The molecule has 1 fully saturated rings. The maximum atomic E-state index is 12.4. The van der Waals surface area contributed by atoms with E-state index in [0.29, 0.717) is 37.1 Å². The van der Waals surface area contributed by atoms with Gasteiger partial charge in [0.2, 0.25) is 5.95 Å². The molecule has 4 heterocycles. The Kier molecular flexibility index (Phi) is 7.02. The van der Waals surface area contributed by atoms with Crippen molar-refractivity contribution in [3.05, 3.63) is 52.1 Å². The Morgan fingerprint density at radius 1 is 1.08 bits per heavy atom. The number of H-pyrrole nitrogens is 1. The van der Waals surface area contributed by atoms with E-state index in [0.717, 1.165) is 12.8 Å². The molecule has 2 aliphatic rings. The number of aromatic nitrogens is 4. The van der Waals surface area contributed by atoms with E-state index < -0.39 is 36.7 Å². The summed E-state index contributed by atoms with van der Waals surface area (Å²) in [6, 6.07) is 6.82. The van der Waals surface area contributed by atoms with E-state index in [1.165, 1.54) is 15.8 Å². The second-order valence-electron chi connectivity index (χ2n) is 9.07. The molecular formula is C24H28N6O7. The monoisotopic (exact) mass is 512 g/mol. The lowest BCUT2D eigenvalue weighted by atomic mass is 10.1. The van der Waals surface area contributed by atoms with Crippen molar-refractivity contribution in [2.75, 3.05) is 25.5 Å². The maximum Gasteiger partial charge on any atom is 0.280 e. The molecule has 3 aromatic rings. The number of fused-ring (bicyclic) bond motifs is 2. The zero-order valence-corrected chi connectivity index (χ0v) is 19.9. The van der Waals surface area contributed by atoms with Crippen LogP contribution in [-0.4, -0.2) is 84.5 Å². The number of rotatable bonds is 10. The largest absolute Gasteiger partial charge is 0.394 e. The predicted molar refractivity (Wildman–Crippen MR) is 130 cm³/mol. The first-order valence-electron chi connectivity index (χ1n) is 12.1. The molecule has 1 saturated heterocycles. The molecule has 13 nitrogen and oxygen atoms in total. The molecule has 0 radical (unpaired) electrons. The SMILES string of the molecule is Nc1nc2c(ncn2C2OC(CO)C(O)C2OCCCCCCN2C(=O)c3ccccc3C2=O)c(=O)[nH]1. The van der Waals surface area contributed by atoms with Crippen LogP contribution in [0.15, 0.2) is 35.4 Å². The Balaban J connectivity index is 1.13. The highest BCUT2D eigenvalue weighted by molar-refractivity contribution is 6.21. The number of imide groups is 1. The van der Waals surface area contributed by atoms with Crippen molar-refractivity contribution in [2.45, 2.75) is 50.2 Å². The number of carbonyl (C=O) groups excluding carboxylic acids is 2. The van der Waals surface area contributed by atoms with Gasteiger partial charge in [0.05, 0.1) is 24.1 Å². The van der Waals surface area contributed by atoms with Crippen LogP contribution in [0.5, 0.6) is 0 Å². The van der Waals surface area contributed by atoms with Gasteiger partial charge in [-0.05, 0) is 25.0 Å². The molecule has 0 spiro atoms. The molecule has 5 rings (SSSR count). The molecule has 2 aliphatic heterocycles. The Labute approximate surface area is 210 Å². The molecule has 13 heteroatoms. The van der Waals surface area contributed by atoms with Crippen LogP contribution in [0.4, 0.5) is 5.95 Å². The van der Waals surface area contributed by atoms with Crippen LogP contribution < -0.4 is 11.3 Å². The van der Waals surface area contributed by atoms with Gasteiger partial charge in [0.1, 0.15) is 18.3 Å². The Hall–Kier alpha value is -3.65. The van der Waals surface area contributed by atoms with Crippen LogP contribution in [0.1, 0.15) is 52.6 Å². The first-order valence-corrected chi connectivity index (χ1v) is 12.1. The molecule has 0 saturated carbocycles. The quantitative estimate of drug-likeness (QED) is 0.216. The third kappa shape index (κ3) is 4.62. The van der Waals surface area contributed by atoms with E-state index in [9.17, 15) is 24.6 Å². The molecular weight excluding hydrogens is 484 g/mol. The lowest BCUT2D eigenvalue weighted by Gasteiger charge is -2.22. The standard InChI is InChI=1S/C24H28N6O7/c25-24-27-19-16(20(33)28-24)26-12-30(19)23-18(17(32)15(11-31)37-23)36-10-6-2-1-5-9-29-21(34)13-7-3-4-8-14(13)22(29)35/h3-4,7-8,12,15,17-18,23,31-32H,1-2,5-6,9-11H2,(H3,25,27,28,33). The molecule has 2 aromatic heterocycles. The number of amides is 2. The van der Waals surface area contributed by atoms with Crippen molar-refractivity contribution < 1.29 is 29.3 Å². The van der Waals surface area contributed by atoms with E-state index in [4.69, 9.17) is 15.2 Å². The summed E-state index contributed by atoms with van der Waals surface area (Å²) in [5.41, 5.74) is 6.31. The molecule has 1 aromatic carbocycles. The number of aliphatic hydroxyl groups excluding tert-OH is 2. The fourth-order valence-corrected chi connectivity index (χ4v) is 4.79.